The van der Waals surface area contributed by atoms with Gasteiger partial charge in [-0.2, -0.15) is 11.8 Å². The van der Waals surface area contributed by atoms with Crippen LogP contribution in [0.5, 0.6) is 0 Å². The number of hydrogen-bond donors (Lipinski definition) is 1. The quantitative estimate of drug-likeness (QED) is 0.773. The molecule has 1 saturated heterocycles. The van der Waals surface area contributed by atoms with E-state index >= 15 is 0 Å². The Morgan fingerprint density at radius 1 is 1.43 bits per heavy atom. The maximum Gasteiger partial charge on any atom is 0.0212 e. The van der Waals surface area contributed by atoms with Crippen LogP contribution < -0.4 is 5.32 Å². The third kappa shape index (κ3) is 2.27. The van der Waals surface area contributed by atoms with Gasteiger partial charge in [0.2, 0.25) is 0 Å². The Bertz CT molecular complexity index is 202. The number of hydrogen-bond acceptors (Lipinski definition) is 2. The Morgan fingerprint density at radius 2 is 2.21 bits per heavy atom. The van der Waals surface area contributed by atoms with E-state index in [1.165, 1.54) is 30.8 Å². The largest absolute Gasteiger partial charge is 0.310 e. The molecule has 1 heterocycles. The predicted octanol–water partition coefficient (Wildman–Crippen LogP) is 2.91. The molecule has 0 aromatic rings. The van der Waals surface area contributed by atoms with Gasteiger partial charge in [0.1, 0.15) is 0 Å². The molecule has 2 rings (SSSR count). The average Bonchev–Trinajstić information content (AvgIpc) is 2.87. The lowest BCUT2D eigenvalue weighted by molar-refractivity contribution is 0.242. The lowest BCUT2D eigenvalue weighted by Gasteiger charge is -2.39. The van der Waals surface area contributed by atoms with E-state index in [1.807, 2.05) is 0 Å². The van der Waals surface area contributed by atoms with Gasteiger partial charge in [-0.1, -0.05) is 27.2 Å². The third-order valence-corrected chi connectivity index (χ3v) is 5.04. The highest BCUT2D eigenvalue weighted by atomic mass is 32.2. The highest BCUT2D eigenvalue weighted by Crippen LogP contribution is 2.39. The highest BCUT2D eigenvalue weighted by molar-refractivity contribution is 7.99. The van der Waals surface area contributed by atoms with E-state index < -0.39 is 0 Å². The fourth-order valence-electron chi connectivity index (χ4n) is 2.37. The molecular formula is C12H23NS. The molecule has 1 saturated carbocycles. The van der Waals surface area contributed by atoms with Crippen LogP contribution in [0.25, 0.3) is 0 Å². The Hall–Kier alpha value is 0.310. The molecule has 0 radical (unpaired) electrons. The van der Waals surface area contributed by atoms with Crippen molar-refractivity contribution in [2.24, 2.45) is 11.3 Å². The van der Waals surface area contributed by atoms with E-state index in [9.17, 15) is 0 Å². The second-order valence-corrected chi connectivity index (χ2v) is 6.69. The smallest absolute Gasteiger partial charge is 0.0212 e. The van der Waals surface area contributed by atoms with E-state index in [2.05, 4.69) is 37.8 Å². The Labute approximate surface area is 92.4 Å². The van der Waals surface area contributed by atoms with Gasteiger partial charge in [-0.15, -0.1) is 0 Å². The minimum Gasteiger partial charge on any atom is -0.310 e. The molecule has 1 N–H and O–H groups in total. The molecule has 1 aliphatic heterocycles. The van der Waals surface area contributed by atoms with E-state index in [0.29, 0.717) is 5.41 Å². The van der Waals surface area contributed by atoms with Gasteiger partial charge < -0.3 is 5.32 Å². The topological polar surface area (TPSA) is 12.0 Å². The van der Waals surface area contributed by atoms with Gasteiger partial charge in [0.05, 0.1) is 0 Å². The Kier molecular flexibility index (Phi) is 3.13. The van der Waals surface area contributed by atoms with Crippen molar-refractivity contribution in [1.82, 2.24) is 5.32 Å². The van der Waals surface area contributed by atoms with Crippen LogP contribution in [-0.2, 0) is 0 Å². The fraction of sp³-hybridized carbons (Fsp3) is 1.00. The second kappa shape index (κ2) is 4.05. The molecule has 0 spiro atoms. The van der Waals surface area contributed by atoms with Crippen molar-refractivity contribution in [1.29, 1.82) is 0 Å². The van der Waals surface area contributed by atoms with Crippen LogP contribution in [-0.4, -0.2) is 23.6 Å². The molecule has 3 unspecified atom stereocenters. The third-order valence-electron chi connectivity index (χ3n) is 3.98. The minimum atomic E-state index is 0.520. The van der Waals surface area contributed by atoms with Crippen molar-refractivity contribution in [2.75, 3.05) is 11.5 Å². The summed E-state index contributed by atoms with van der Waals surface area (Å²) in [5.74, 6) is 3.66. The lowest BCUT2D eigenvalue weighted by Crippen LogP contribution is -2.47. The van der Waals surface area contributed by atoms with Gasteiger partial charge >= 0.3 is 0 Å². The zero-order valence-corrected chi connectivity index (χ0v) is 10.5. The van der Waals surface area contributed by atoms with Crippen LogP contribution in [0.3, 0.4) is 0 Å². The first-order valence-electron chi connectivity index (χ1n) is 5.97. The molecule has 3 atom stereocenters. The van der Waals surface area contributed by atoms with Crippen LogP contribution in [0.2, 0.25) is 0 Å². The van der Waals surface area contributed by atoms with Gasteiger partial charge in [-0.25, -0.2) is 0 Å². The van der Waals surface area contributed by atoms with Crippen LogP contribution in [0.4, 0.5) is 0 Å². The van der Waals surface area contributed by atoms with E-state index in [-0.39, 0.29) is 0 Å². The zero-order chi connectivity index (χ0) is 10.2. The average molecular weight is 213 g/mol. The molecule has 0 aromatic heterocycles. The Balaban J connectivity index is 1.84. The molecule has 1 nitrogen and oxygen atoms in total. The van der Waals surface area contributed by atoms with Gasteiger partial charge in [-0.3, -0.25) is 0 Å². The van der Waals surface area contributed by atoms with Gasteiger partial charge in [-0.05, 0) is 29.9 Å². The second-order valence-electron chi connectivity index (χ2n) is 5.54. The molecular weight excluding hydrogens is 190 g/mol. The molecule has 1 aliphatic carbocycles. The molecule has 0 amide bonds. The van der Waals surface area contributed by atoms with E-state index in [1.54, 1.807) is 0 Å². The maximum absolute atomic E-state index is 3.86. The molecule has 0 bridgehead atoms. The summed E-state index contributed by atoms with van der Waals surface area (Å²) in [7, 11) is 0. The molecule has 2 fully saturated rings. The molecule has 2 heteroatoms. The van der Waals surface area contributed by atoms with Crippen LogP contribution >= 0.6 is 11.8 Å². The van der Waals surface area contributed by atoms with Crippen LogP contribution in [0, 0.1) is 11.3 Å². The summed E-state index contributed by atoms with van der Waals surface area (Å²) in [4.78, 5) is 0. The molecule has 0 aromatic carbocycles. The standard InChI is InChI=1S/C12H23NS/c1-4-9-7-10(9)13-11-8-14-6-5-12(11,2)3/h9-11,13H,4-8H2,1-3H3. The van der Waals surface area contributed by atoms with Crippen LogP contribution in [0.15, 0.2) is 0 Å². The lowest BCUT2D eigenvalue weighted by atomic mass is 9.82. The summed E-state index contributed by atoms with van der Waals surface area (Å²) in [5, 5.41) is 3.86. The molecule has 14 heavy (non-hydrogen) atoms. The molecule has 2 aliphatic rings. The summed E-state index contributed by atoms with van der Waals surface area (Å²) in [6.07, 6.45) is 4.16. The first-order chi connectivity index (χ1) is 6.63. The maximum atomic E-state index is 3.86. The van der Waals surface area contributed by atoms with Crippen molar-refractivity contribution < 1.29 is 0 Å². The number of thioether (sulfide) groups is 1. The fourth-order valence-corrected chi connectivity index (χ4v) is 3.99. The summed E-state index contributed by atoms with van der Waals surface area (Å²) in [6, 6.07) is 1.60. The summed E-state index contributed by atoms with van der Waals surface area (Å²) in [6.45, 7) is 7.16. The van der Waals surface area contributed by atoms with Gasteiger partial charge in [0.25, 0.3) is 0 Å². The SMILES string of the molecule is CCC1CC1NC1CSCCC1(C)C. The van der Waals surface area contributed by atoms with Crippen molar-refractivity contribution in [3.63, 3.8) is 0 Å². The van der Waals surface area contributed by atoms with E-state index in [4.69, 9.17) is 0 Å². The number of rotatable bonds is 3. The van der Waals surface area contributed by atoms with Crippen molar-refractivity contribution in [3.05, 3.63) is 0 Å². The first-order valence-corrected chi connectivity index (χ1v) is 7.13. The van der Waals surface area contributed by atoms with E-state index in [0.717, 1.165) is 18.0 Å². The van der Waals surface area contributed by atoms with Crippen molar-refractivity contribution in [2.45, 2.75) is 52.1 Å². The van der Waals surface area contributed by atoms with Gasteiger partial charge in [0.15, 0.2) is 0 Å². The van der Waals surface area contributed by atoms with Crippen molar-refractivity contribution in [3.8, 4) is 0 Å². The summed E-state index contributed by atoms with van der Waals surface area (Å²) >= 11 is 2.12. The summed E-state index contributed by atoms with van der Waals surface area (Å²) < 4.78 is 0. The Morgan fingerprint density at radius 3 is 2.79 bits per heavy atom. The first kappa shape index (κ1) is 10.8. The van der Waals surface area contributed by atoms with Crippen LogP contribution in [0.1, 0.15) is 40.0 Å². The zero-order valence-electron chi connectivity index (χ0n) is 9.68. The van der Waals surface area contributed by atoms with Gasteiger partial charge in [0, 0.05) is 17.8 Å². The predicted molar refractivity (Wildman–Crippen MR) is 64.8 cm³/mol. The number of nitrogens with one attached hydrogen (secondary N) is 1. The minimum absolute atomic E-state index is 0.520. The monoisotopic (exact) mass is 213 g/mol. The normalized spacial score (nSPS) is 40.9. The summed E-state index contributed by atoms with van der Waals surface area (Å²) in [5.41, 5.74) is 0.520. The highest BCUT2D eigenvalue weighted by Gasteiger charge is 2.41. The van der Waals surface area contributed by atoms with Crippen molar-refractivity contribution >= 4 is 11.8 Å². The molecule has 82 valence electrons.